The van der Waals surface area contributed by atoms with Crippen molar-refractivity contribution in [3.8, 4) is 5.69 Å². The van der Waals surface area contributed by atoms with E-state index in [1.54, 1.807) is 40.0 Å². The van der Waals surface area contributed by atoms with Gasteiger partial charge in [-0.15, -0.1) is 0 Å². The molecule has 4 rings (SSSR count). The number of piperazine rings is 1. The first-order chi connectivity index (χ1) is 14.4. The molecule has 1 aromatic heterocycles. The molecular weight excluding hydrogens is 400 g/mol. The van der Waals surface area contributed by atoms with Crippen LogP contribution in [-0.4, -0.2) is 59.5 Å². The molecule has 1 aliphatic heterocycles. The first-order valence-electron chi connectivity index (χ1n) is 9.87. The molecule has 8 heteroatoms. The lowest BCUT2D eigenvalue weighted by atomic mass is 10.1. The normalized spacial score (nSPS) is 15.3. The van der Waals surface area contributed by atoms with Gasteiger partial charge in [-0.3, -0.25) is 4.79 Å². The lowest BCUT2D eigenvalue weighted by Gasteiger charge is -2.34. The first-order valence-corrected chi connectivity index (χ1v) is 11.3. The second-order valence-corrected chi connectivity index (χ2v) is 9.33. The lowest BCUT2D eigenvalue weighted by molar-refractivity contribution is -0.131. The highest BCUT2D eigenvalue weighted by atomic mass is 32.2. The number of nitrogens with zero attached hydrogens (tertiary/aromatic N) is 4. The smallest absolute Gasteiger partial charge is 0.243 e. The second-order valence-electron chi connectivity index (χ2n) is 7.39. The quantitative estimate of drug-likeness (QED) is 0.630. The van der Waals surface area contributed by atoms with Crippen molar-refractivity contribution in [1.82, 2.24) is 19.0 Å². The summed E-state index contributed by atoms with van der Waals surface area (Å²) in [5, 5.41) is 4.19. The molecule has 0 saturated carbocycles. The van der Waals surface area contributed by atoms with E-state index in [9.17, 15) is 13.2 Å². The molecular formula is C22H24N4O3S. The van der Waals surface area contributed by atoms with Crippen molar-refractivity contribution in [2.75, 3.05) is 26.2 Å². The summed E-state index contributed by atoms with van der Waals surface area (Å²) in [6.45, 7) is 3.33. The molecule has 2 aromatic carbocycles. The summed E-state index contributed by atoms with van der Waals surface area (Å²) in [4.78, 5) is 14.7. The van der Waals surface area contributed by atoms with Crippen LogP contribution >= 0.6 is 0 Å². The van der Waals surface area contributed by atoms with Crippen LogP contribution in [0, 0.1) is 6.92 Å². The predicted molar refractivity (Wildman–Crippen MR) is 114 cm³/mol. The van der Waals surface area contributed by atoms with Crippen molar-refractivity contribution in [3.63, 3.8) is 0 Å². The zero-order chi connectivity index (χ0) is 21.1. The van der Waals surface area contributed by atoms with Gasteiger partial charge < -0.3 is 4.90 Å². The largest absolute Gasteiger partial charge is 0.340 e. The fourth-order valence-electron chi connectivity index (χ4n) is 3.51. The van der Waals surface area contributed by atoms with Gasteiger partial charge in [0.15, 0.2) is 0 Å². The monoisotopic (exact) mass is 424 g/mol. The van der Waals surface area contributed by atoms with Crippen LogP contribution in [0.1, 0.15) is 11.1 Å². The summed E-state index contributed by atoms with van der Waals surface area (Å²) in [5.74, 6) is 0.00854. The van der Waals surface area contributed by atoms with E-state index in [1.165, 1.54) is 4.31 Å². The average Bonchev–Trinajstić information content (AvgIpc) is 3.30. The number of rotatable bonds is 5. The van der Waals surface area contributed by atoms with E-state index < -0.39 is 10.0 Å². The van der Waals surface area contributed by atoms with E-state index in [-0.39, 0.29) is 5.91 Å². The SMILES string of the molecule is Cc1ccc(S(=O)(=O)N2CCN(C(=O)Cc3ccc(-n4cccn4)cc3)CC2)cc1. The van der Waals surface area contributed by atoms with Gasteiger partial charge in [0.25, 0.3) is 0 Å². The molecule has 1 amide bonds. The van der Waals surface area contributed by atoms with Crippen LogP contribution in [-0.2, 0) is 21.2 Å². The molecule has 7 nitrogen and oxygen atoms in total. The molecule has 0 atom stereocenters. The van der Waals surface area contributed by atoms with Gasteiger partial charge in [-0.1, -0.05) is 29.8 Å². The Labute approximate surface area is 176 Å². The molecule has 2 heterocycles. The van der Waals surface area contributed by atoms with Crippen molar-refractivity contribution in [2.45, 2.75) is 18.2 Å². The van der Waals surface area contributed by atoms with Crippen LogP contribution in [0.5, 0.6) is 0 Å². The molecule has 0 bridgehead atoms. The fourth-order valence-corrected chi connectivity index (χ4v) is 4.93. The third-order valence-electron chi connectivity index (χ3n) is 5.31. The fraction of sp³-hybridized carbons (Fsp3) is 0.273. The molecule has 0 unspecified atom stereocenters. The number of carbonyl (C=O) groups excluding carboxylic acids is 1. The third kappa shape index (κ3) is 4.29. The van der Waals surface area contributed by atoms with Gasteiger partial charge in [-0.25, -0.2) is 13.1 Å². The highest BCUT2D eigenvalue weighted by Gasteiger charge is 2.30. The lowest BCUT2D eigenvalue weighted by Crippen LogP contribution is -2.50. The minimum atomic E-state index is -3.53. The molecule has 156 valence electrons. The number of aromatic nitrogens is 2. The van der Waals surface area contributed by atoms with Crippen molar-refractivity contribution in [1.29, 1.82) is 0 Å². The van der Waals surface area contributed by atoms with Gasteiger partial charge in [-0.05, 0) is 42.8 Å². The Morgan fingerprint density at radius 3 is 2.23 bits per heavy atom. The summed E-state index contributed by atoms with van der Waals surface area (Å²) < 4.78 is 28.8. The Morgan fingerprint density at radius 2 is 1.63 bits per heavy atom. The van der Waals surface area contributed by atoms with Gasteiger partial charge in [0.2, 0.25) is 15.9 Å². The summed E-state index contributed by atoms with van der Waals surface area (Å²) in [5.41, 5.74) is 2.87. The summed E-state index contributed by atoms with van der Waals surface area (Å²) in [6, 6.07) is 16.4. The van der Waals surface area contributed by atoms with E-state index in [1.807, 2.05) is 43.5 Å². The Kier molecular flexibility index (Phi) is 5.69. The molecule has 0 radical (unpaired) electrons. The maximum absolute atomic E-state index is 12.8. The van der Waals surface area contributed by atoms with E-state index in [4.69, 9.17) is 0 Å². The number of hydrogen-bond acceptors (Lipinski definition) is 4. The van der Waals surface area contributed by atoms with E-state index in [0.29, 0.717) is 37.5 Å². The molecule has 0 N–H and O–H groups in total. The Bertz CT molecular complexity index is 1100. The molecule has 1 aliphatic rings. The van der Waals surface area contributed by atoms with E-state index >= 15 is 0 Å². The van der Waals surface area contributed by atoms with Gasteiger partial charge >= 0.3 is 0 Å². The van der Waals surface area contributed by atoms with Crippen molar-refractivity contribution >= 4 is 15.9 Å². The summed E-state index contributed by atoms with van der Waals surface area (Å²) in [7, 11) is -3.53. The Hall–Kier alpha value is -2.97. The topological polar surface area (TPSA) is 75.5 Å². The molecule has 1 saturated heterocycles. The standard InChI is InChI=1S/C22H24N4O3S/c1-18-3-9-21(10-4-18)30(28,29)25-15-13-24(14-16-25)22(27)17-19-5-7-20(8-6-19)26-12-2-11-23-26/h2-12H,13-17H2,1H3. The van der Waals surface area contributed by atoms with Gasteiger partial charge in [0.1, 0.15) is 0 Å². The number of aryl methyl sites for hydroxylation is 1. The van der Waals surface area contributed by atoms with Crippen LogP contribution in [0.2, 0.25) is 0 Å². The van der Waals surface area contributed by atoms with Crippen LogP contribution < -0.4 is 0 Å². The number of carbonyl (C=O) groups is 1. The van der Waals surface area contributed by atoms with Crippen molar-refractivity contribution in [3.05, 3.63) is 78.1 Å². The van der Waals surface area contributed by atoms with Crippen molar-refractivity contribution < 1.29 is 13.2 Å². The zero-order valence-corrected chi connectivity index (χ0v) is 17.6. The summed E-state index contributed by atoms with van der Waals surface area (Å²) >= 11 is 0. The van der Waals surface area contributed by atoms with E-state index in [2.05, 4.69) is 5.10 Å². The predicted octanol–water partition coefficient (Wildman–Crippen LogP) is 2.26. The maximum Gasteiger partial charge on any atom is 0.243 e. The molecule has 0 aliphatic carbocycles. The van der Waals surface area contributed by atoms with Crippen molar-refractivity contribution in [2.24, 2.45) is 0 Å². The Morgan fingerprint density at radius 1 is 0.967 bits per heavy atom. The highest BCUT2D eigenvalue weighted by molar-refractivity contribution is 7.89. The molecule has 0 spiro atoms. The minimum Gasteiger partial charge on any atom is -0.340 e. The molecule has 1 fully saturated rings. The van der Waals surface area contributed by atoms with Gasteiger partial charge in [0.05, 0.1) is 17.0 Å². The molecule has 30 heavy (non-hydrogen) atoms. The maximum atomic E-state index is 12.8. The minimum absolute atomic E-state index is 0.00854. The number of sulfonamides is 1. The van der Waals surface area contributed by atoms with Crippen LogP contribution in [0.4, 0.5) is 0 Å². The molecule has 3 aromatic rings. The Balaban J connectivity index is 1.34. The third-order valence-corrected chi connectivity index (χ3v) is 7.22. The number of amides is 1. The second kappa shape index (κ2) is 8.41. The zero-order valence-electron chi connectivity index (χ0n) is 16.8. The summed E-state index contributed by atoms with van der Waals surface area (Å²) in [6.07, 6.45) is 3.88. The van der Waals surface area contributed by atoms with Crippen LogP contribution in [0.15, 0.2) is 71.9 Å². The van der Waals surface area contributed by atoms with Gasteiger partial charge in [-0.2, -0.15) is 9.40 Å². The van der Waals surface area contributed by atoms with E-state index in [0.717, 1.165) is 16.8 Å². The number of benzene rings is 2. The van der Waals surface area contributed by atoms with Gasteiger partial charge in [0, 0.05) is 38.6 Å². The van der Waals surface area contributed by atoms with Crippen LogP contribution in [0.25, 0.3) is 5.69 Å². The van der Waals surface area contributed by atoms with Crippen LogP contribution in [0.3, 0.4) is 0 Å². The highest BCUT2D eigenvalue weighted by Crippen LogP contribution is 2.19. The first kappa shape index (κ1) is 20.3. The number of hydrogen-bond donors (Lipinski definition) is 0. The average molecular weight is 425 g/mol.